The van der Waals surface area contributed by atoms with Crippen molar-refractivity contribution in [3.63, 3.8) is 0 Å². The third-order valence-electron chi connectivity index (χ3n) is 3.99. The Morgan fingerprint density at radius 3 is 2.73 bits per heavy atom. The standard InChI is InChI=1S/C17H15N3OS/c1-21-12-7-8-13-14(11-5-3-2-4-6-11)10-16-18-19-17(22)20(16)15(13)9-12/h2-10,16,18H,1H3,(H,19,22). The molecule has 0 aliphatic carbocycles. The van der Waals surface area contributed by atoms with Crippen molar-refractivity contribution in [2.45, 2.75) is 6.17 Å². The van der Waals surface area contributed by atoms with Crippen molar-refractivity contribution in [2.75, 3.05) is 12.0 Å². The maximum absolute atomic E-state index is 5.41. The van der Waals surface area contributed by atoms with Gasteiger partial charge in [-0.05, 0) is 41.6 Å². The SMILES string of the molecule is COc1ccc2c(c1)N1C(=S)NNC1C=C2c1ccccc1. The van der Waals surface area contributed by atoms with E-state index in [9.17, 15) is 0 Å². The van der Waals surface area contributed by atoms with Crippen LogP contribution in [0.5, 0.6) is 5.75 Å². The number of benzene rings is 2. The van der Waals surface area contributed by atoms with Crippen LogP contribution in [0, 0.1) is 0 Å². The van der Waals surface area contributed by atoms with Crippen molar-refractivity contribution in [1.82, 2.24) is 10.9 Å². The van der Waals surface area contributed by atoms with Gasteiger partial charge in [-0.3, -0.25) is 10.3 Å². The van der Waals surface area contributed by atoms with Crippen LogP contribution in [-0.2, 0) is 0 Å². The molecule has 2 aromatic rings. The molecule has 5 heteroatoms. The summed E-state index contributed by atoms with van der Waals surface area (Å²) in [6.45, 7) is 0. The van der Waals surface area contributed by atoms with E-state index in [1.807, 2.05) is 18.2 Å². The van der Waals surface area contributed by atoms with Crippen LogP contribution in [0.2, 0.25) is 0 Å². The lowest BCUT2D eigenvalue weighted by Gasteiger charge is -2.31. The van der Waals surface area contributed by atoms with E-state index in [1.54, 1.807) is 7.11 Å². The summed E-state index contributed by atoms with van der Waals surface area (Å²) in [4.78, 5) is 2.07. The first kappa shape index (κ1) is 13.3. The lowest BCUT2D eigenvalue weighted by molar-refractivity contribution is 0.415. The average Bonchev–Trinajstić information content (AvgIpc) is 2.95. The number of hydrogen-bond acceptors (Lipinski definition) is 3. The molecule has 0 aromatic heterocycles. The first-order valence-corrected chi connectivity index (χ1v) is 7.49. The summed E-state index contributed by atoms with van der Waals surface area (Å²) >= 11 is 5.41. The maximum Gasteiger partial charge on any atom is 0.189 e. The first-order chi connectivity index (χ1) is 10.8. The molecular formula is C17H15N3OS. The fourth-order valence-corrected chi connectivity index (χ4v) is 3.22. The van der Waals surface area contributed by atoms with Gasteiger partial charge in [-0.15, -0.1) is 0 Å². The minimum absolute atomic E-state index is 0.00214. The molecule has 4 nitrogen and oxygen atoms in total. The summed E-state index contributed by atoms with van der Waals surface area (Å²) in [5.74, 6) is 0.821. The molecule has 1 fully saturated rings. The fraction of sp³-hybridized carbons (Fsp3) is 0.118. The van der Waals surface area contributed by atoms with Crippen LogP contribution in [0.3, 0.4) is 0 Å². The Morgan fingerprint density at radius 1 is 1.14 bits per heavy atom. The van der Waals surface area contributed by atoms with Crippen molar-refractivity contribution in [3.05, 3.63) is 65.7 Å². The predicted molar refractivity (Wildman–Crippen MR) is 91.7 cm³/mol. The number of nitrogens with one attached hydrogen (secondary N) is 2. The number of thiocarbonyl (C=S) groups is 1. The quantitative estimate of drug-likeness (QED) is 0.834. The highest BCUT2D eigenvalue weighted by molar-refractivity contribution is 7.80. The Kier molecular flexibility index (Phi) is 3.10. The highest BCUT2D eigenvalue weighted by Gasteiger charge is 2.34. The van der Waals surface area contributed by atoms with Gasteiger partial charge in [0.05, 0.1) is 12.8 Å². The van der Waals surface area contributed by atoms with Gasteiger partial charge in [0.1, 0.15) is 11.9 Å². The second kappa shape index (κ2) is 5.12. The normalized spacial score (nSPS) is 19.1. The summed E-state index contributed by atoms with van der Waals surface area (Å²) in [5.41, 5.74) is 10.8. The van der Waals surface area contributed by atoms with Crippen molar-refractivity contribution >= 4 is 28.6 Å². The number of hydrazine groups is 1. The third kappa shape index (κ3) is 1.98. The monoisotopic (exact) mass is 309 g/mol. The molecule has 2 aromatic carbocycles. The molecule has 0 spiro atoms. The minimum atomic E-state index is 0.00214. The molecule has 2 heterocycles. The van der Waals surface area contributed by atoms with Crippen LogP contribution in [0.1, 0.15) is 11.1 Å². The van der Waals surface area contributed by atoms with Crippen molar-refractivity contribution < 1.29 is 4.74 Å². The molecule has 110 valence electrons. The molecule has 0 saturated carbocycles. The highest BCUT2D eigenvalue weighted by Crippen LogP contribution is 2.40. The van der Waals surface area contributed by atoms with Gasteiger partial charge in [-0.25, -0.2) is 5.43 Å². The van der Waals surface area contributed by atoms with Crippen LogP contribution in [0.4, 0.5) is 5.69 Å². The van der Waals surface area contributed by atoms with E-state index < -0.39 is 0 Å². The zero-order valence-electron chi connectivity index (χ0n) is 12.0. The zero-order chi connectivity index (χ0) is 15.1. The third-order valence-corrected chi connectivity index (χ3v) is 4.29. The number of methoxy groups -OCH3 is 1. The number of fused-ring (bicyclic) bond motifs is 3. The molecule has 0 bridgehead atoms. The highest BCUT2D eigenvalue weighted by atomic mass is 32.1. The summed E-state index contributed by atoms with van der Waals surface area (Å²) in [5, 5.41) is 0.669. The molecule has 1 saturated heterocycles. The Balaban J connectivity index is 1.92. The molecule has 1 unspecified atom stereocenters. The summed E-state index contributed by atoms with van der Waals surface area (Å²) in [6, 6.07) is 16.5. The van der Waals surface area contributed by atoms with E-state index >= 15 is 0 Å². The average molecular weight is 309 g/mol. The number of ether oxygens (including phenoxy) is 1. The minimum Gasteiger partial charge on any atom is -0.497 e. The number of rotatable bonds is 2. The lowest BCUT2D eigenvalue weighted by Crippen LogP contribution is -2.38. The number of anilines is 1. The molecule has 0 amide bonds. The zero-order valence-corrected chi connectivity index (χ0v) is 12.9. The van der Waals surface area contributed by atoms with E-state index in [0.29, 0.717) is 5.11 Å². The molecule has 0 radical (unpaired) electrons. The summed E-state index contributed by atoms with van der Waals surface area (Å²) in [7, 11) is 1.68. The van der Waals surface area contributed by atoms with Gasteiger partial charge in [0.15, 0.2) is 5.11 Å². The van der Waals surface area contributed by atoms with Crippen LogP contribution < -0.4 is 20.5 Å². The van der Waals surface area contributed by atoms with E-state index in [2.05, 4.69) is 52.2 Å². The molecule has 1 atom stereocenters. The molecule has 4 rings (SSSR count). The summed E-state index contributed by atoms with van der Waals surface area (Å²) in [6.07, 6.45) is 2.19. The molecule has 2 aliphatic rings. The van der Waals surface area contributed by atoms with Crippen LogP contribution in [0.15, 0.2) is 54.6 Å². The van der Waals surface area contributed by atoms with E-state index in [1.165, 1.54) is 11.1 Å². The number of hydrogen-bond donors (Lipinski definition) is 2. The van der Waals surface area contributed by atoms with E-state index in [4.69, 9.17) is 17.0 Å². The van der Waals surface area contributed by atoms with Crippen LogP contribution >= 0.6 is 12.2 Å². The second-order valence-corrected chi connectivity index (χ2v) is 5.61. The largest absolute Gasteiger partial charge is 0.497 e. The van der Waals surface area contributed by atoms with E-state index in [0.717, 1.165) is 17.0 Å². The smallest absolute Gasteiger partial charge is 0.189 e. The molecule has 22 heavy (non-hydrogen) atoms. The van der Waals surface area contributed by atoms with Crippen molar-refractivity contribution in [3.8, 4) is 5.75 Å². The Labute approximate surface area is 134 Å². The number of nitrogens with zero attached hydrogens (tertiary/aromatic N) is 1. The molecular weight excluding hydrogens is 294 g/mol. The Hall–Kier alpha value is -2.37. The lowest BCUT2D eigenvalue weighted by atomic mass is 9.92. The van der Waals surface area contributed by atoms with Gasteiger partial charge in [0.25, 0.3) is 0 Å². The van der Waals surface area contributed by atoms with Crippen LogP contribution in [-0.4, -0.2) is 18.4 Å². The van der Waals surface area contributed by atoms with Gasteiger partial charge < -0.3 is 4.74 Å². The Bertz CT molecular complexity index is 773. The van der Waals surface area contributed by atoms with E-state index in [-0.39, 0.29) is 6.17 Å². The predicted octanol–water partition coefficient (Wildman–Crippen LogP) is 2.67. The summed E-state index contributed by atoms with van der Waals surface area (Å²) < 4.78 is 5.37. The van der Waals surface area contributed by atoms with Crippen molar-refractivity contribution in [2.24, 2.45) is 0 Å². The van der Waals surface area contributed by atoms with Gasteiger partial charge in [0, 0.05) is 11.6 Å². The second-order valence-electron chi connectivity index (χ2n) is 5.22. The first-order valence-electron chi connectivity index (χ1n) is 7.08. The molecule has 2 N–H and O–H groups in total. The van der Waals surface area contributed by atoms with Gasteiger partial charge in [-0.1, -0.05) is 30.3 Å². The van der Waals surface area contributed by atoms with Crippen molar-refractivity contribution in [1.29, 1.82) is 0 Å². The van der Waals surface area contributed by atoms with Crippen LogP contribution in [0.25, 0.3) is 5.57 Å². The van der Waals surface area contributed by atoms with Gasteiger partial charge >= 0.3 is 0 Å². The Morgan fingerprint density at radius 2 is 1.95 bits per heavy atom. The maximum atomic E-state index is 5.41. The fourth-order valence-electron chi connectivity index (χ4n) is 2.94. The molecule has 2 aliphatic heterocycles. The van der Waals surface area contributed by atoms with Gasteiger partial charge in [-0.2, -0.15) is 0 Å². The topological polar surface area (TPSA) is 36.5 Å². The van der Waals surface area contributed by atoms with Gasteiger partial charge in [0.2, 0.25) is 0 Å².